The van der Waals surface area contributed by atoms with Gasteiger partial charge in [-0.15, -0.1) is 0 Å². The fourth-order valence-corrected chi connectivity index (χ4v) is 3.04. The van der Waals surface area contributed by atoms with Gasteiger partial charge in [0.05, 0.1) is 11.2 Å². The van der Waals surface area contributed by atoms with E-state index in [4.69, 9.17) is 33.4 Å². The molecule has 5 nitrogen and oxygen atoms in total. The van der Waals surface area contributed by atoms with Gasteiger partial charge in [-0.3, -0.25) is 4.79 Å². The van der Waals surface area contributed by atoms with Crippen molar-refractivity contribution >= 4 is 29.1 Å². The highest BCUT2D eigenvalue weighted by molar-refractivity contribution is 6.36. The van der Waals surface area contributed by atoms with Gasteiger partial charge in [0.25, 0.3) is 0 Å². The average molecular weight is 384 g/mol. The summed E-state index contributed by atoms with van der Waals surface area (Å²) in [6.07, 6.45) is 3.17. The van der Waals surface area contributed by atoms with Gasteiger partial charge in [0.1, 0.15) is 0 Å². The van der Waals surface area contributed by atoms with Gasteiger partial charge in [0.15, 0.2) is 11.7 Å². The Bertz CT molecular complexity index is 716. The zero-order valence-corrected chi connectivity index (χ0v) is 15.9. The first-order valence-electron chi connectivity index (χ1n) is 8.28. The molecule has 0 spiro atoms. The minimum absolute atomic E-state index is 0.000458. The molecule has 1 aromatic carbocycles. The Hall–Kier alpha value is -1.56. The van der Waals surface area contributed by atoms with Crippen molar-refractivity contribution in [1.29, 1.82) is 0 Å². The summed E-state index contributed by atoms with van der Waals surface area (Å²) in [6.45, 7) is 4.64. The van der Waals surface area contributed by atoms with Crippen LogP contribution in [-0.4, -0.2) is 23.5 Å². The predicted octanol–water partition coefficient (Wildman–Crippen LogP) is 4.07. The topological polar surface area (TPSA) is 81.1 Å². The SMILES string of the molecule is CC(C)CC(CN)NC(=O)CCc1ncc(-c2ccc(Cl)cc2Cl)o1. The molecule has 1 aromatic heterocycles. The highest BCUT2D eigenvalue weighted by atomic mass is 35.5. The van der Waals surface area contributed by atoms with Gasteiger partial charge in [0.2, 0.25) is 5.91 Å². The molecule has 1 unspecified atom stereocenters. The van der Waals surface area contributed by atoms with Crippen LogP contribution in [0.3, 0.4) is 0 Å². The van der Waals surface area contributed by atoms with Crippen LogP contribution in [0.15, 0.2) is 28.8 Å². The molecule has 0 saturated heterocycles. The lowest BCUT2D eigenvalue weighted by molar-refractivity contribution is -0.121. The summed E-state index contributed by atoms with van der Waals surface area (Å²) < 4.78 is 5.69. The number of carbonyl (C=O) groups is 1. The van der Waals surface area contributed by atoms with Crippen molar-refractivity contribution in [2.75, 3.05) is 6.54 Å². The van der Waals surface area contributed by atoms with E-state index in [1.54, 1.807) is 24.4 Å². The molecule has 136 valence electrons. The first-order chi connectivity index (χ1) is 11.9. The van der Waals surface area contributed by atoms with Gasteiger partial charge >= 0.3 is 0 Å². The molecule has 3 N–H and O–H groups in total. The van der Waals surface area contributed by atoms with Gasteiger partial charge in [-0.2, -0.15) is 0 Å². The Morgan fingerprint density at radius 1 is 1.36 bits per heavy atom. The van der Waals surface area contributed by atoms with Crippen LogP contribution in [0.2, 0.25) is 10.0 Å². The number of carbonyl (C=O) groups excluding carboxylic acids is 1. The molecule has 1 heterocycles. The summed E-state index contributed by atoms with van der Waals surface area (Å²) in [5, 5.41) is 4.00. The summed E-state index contributed by atoms with van der Waals surface area (Å²) in [4.78, 5) is 16.3. The maximum Gasteiger partial charge on any atom is 0.220 e. The average Bonchev–Trinajstić information content (AvgIpc) is 3.00. The van der Waals surface area contributed by atoms with Crippen molar-refractivity contribution in [2.45, 2.75) is 39.2 Å². The lowest BCUT2D eigenvalue weighted by atomic mass is 10.0. The largest absolute Gasteiger partial charge is 0.441 e. The van der Waals surface area contributed by atoms with Crippen LogP contribution in [0.25, 0.3) is 11.3 Å². The fraction of sp³-hybridized carbons (Fsp3) is 0.444. The van der Waals surface area contributed by atoms with Crippen molar-refractivity contribution in [3.8, 4) is 11.3 Å². The number of amides is 1. The van der Waals surface area contributed by atoms with Crippen LogP contribution in [0, 0.1) is 5.92 Å². The van der Waals surface area contributed by atoms with Crippen LogP contribution >= 0.6 is 23.2 Å². The third kappa shape index (κ3) is 6.03. The number of hydrogen-bond acceptors (Lipinski definition) is 4. The molecule has 25 heavy (non-hydrogen) atoms. The smallest absolute Gasteiger partial charge is 0.220 e. The second kappa shape index (κ2) is 9.22. The molecular formula is C18H23Cl2N3O2. The number of hydrogen-bond donors (Lipinski definition) is 2. The lowest BCUT2D eigenvalue weighted by Crippen LogP contribution is -2.41. The van der Waals surface area contributed by atoms with E-state index in [1.165, 1.54) is 0 Å². The molecule has 0 aliphatic heterocycles. The van der Waals surface area contributed by atoms with Crippen LogP contribution in [0.5, 0.6) is 0 Å². The first-order valence-corrected chi connectivity index (χ1v) is 9.04. The molecule has 0 radical (unpaired) electrons. The number of rotatable bonds is 8. The number of benzene rings is 1. The first kappa shape index (κ1) is 19.8. The van der Waals surface area contributed by atoms with E-state index in [2.05, 4.69) is 24.1 Å². The van der Waals surface area contributed by atoms with Gasteiger partial charge in [-0.1, -0.05) is 37.0 Å². The number of aromatic nitrogens is 1. The van der Waals surface area contributed by atoms with E-state index in [9.17, 15) is 4.79 Å². The van der Waals surface area contributed by atoms with E-state index < -0.39 is 0 Å². The third-order valence-corrected chi connectivity index (χ3v) is 4.27. The highest BCUT2D eigenvalue weighted by Crippen LogP contribution is 2.30. The number of halogens is 2. The monoisotopic (exact) mass is 383 g/mol. The summed E-state index contributed by atoms with van der Waals surface area (Å²) in [7, 11) is 0. The summed E-state index contributed by atoms with van der Waals surface area (Å²) >= 11 is 12.1. The van der Waals surface area contributed by atoms with Gasteiger partial charge < -0.3 is 15.5 Å². The predicted molar refractivity (Wildman–Crippen MR) is 101 cm³/mol. The number of aryl methyl sites for hydroxylation is 1. The van der Waals surface area contributed by atoms with E-state index in [1.807, 2.05) is 0 Å². The second-order valence-corrected chi connectivity index (χ2v) is 7.22. The van der Waals surface area contributed by atoms with Crippen LogP contribution < -0.4 is 11.1 Å². The minimum atomic E-state index is -0.0552. The Labute approximate surface area is 157 Å². The lowest BCUT2D eigenvalue weighted by Gasteiger charge is -2.18. The molecule has 0 aliphatic carbocycles. The molecular weight excluding hydrogens is 361 g/mol. The number of oxazole rings is 1. The highest BCUT2D eigenvalue weighted by Gasteiger charge is 2.14. The molecule has 7 heteroatoms. The van der Waals surface area contributed by atoms with E-state index in [0.29, 0.717) is 47.0 Å². The third-order valence-electron chi connectivity index (χ3n) is 3.72. The molecule has 0 saturated carbocycles. The molecule has 2 rings (SSSR count). The molecule has 1 amide bonds. The zero-order chi connectivity index (χ0) is 18.4. The summed E-state index contributed by atoms with van der Waals surface area (Å²) in [5.41, 5.74) is 6.42. The number of nitrogens with zero attached hydrogens (tertiary/aromatic N) is 1. The molecule has 0 aliphatic rings. The number of nitrogens with two attached hydrogens (primary N) is 1. The van der Waals surface area contributed by atoms with Crippen LogP contribution in [-0.2, 0) is 11.2 Å². The quantitative estimate of drug-likeness (QED) is 0.719. The molecule has 0 bridgehead atoms. The van der Waals surface area contributed by atoms with Crippen LogP contribution in [0.1, 0.15) is 32.6 Å². The second-order valence-electron chi connectivity index (χ2n) is 6.37. The van der Waals surface area contributed by atoms with Crippen molar-refractivity contribution in [2.24, 2.45) is 11.7 Å². The maximum atomic E-state index is 12.1. The minimum Gasteiger partial charge on any atom is -0.441 e. The summed E-state index contributed by atoms with van der Waals surface area (Å²) in [6, 6.07) is 5.16. The Morgan fingerprint density at radius 2 is 2.12 bits per heavy atom. The molecule has 0 fully saturated rings. The normalized spacial score (nSPS) is 12.4. The Kier molecular flexibility index (Phi) is 7.29. The summed E-state index contributed by atoms with van der Waals surface area (Å²) in [5.74, 6) is 1.47. The van der Waals surface area contributed by atoms with Gasteiger partial charge in [-0.05, 0) is 30.5 Å². The zero-order valence-electron chi connectivity index (χ0n) is 14.4. The van der Waals surface area contributed by atoms with Crippen LogP contribution in [0.4, 0.5) is 0 Å². The van der Waals surface area contributed by atoms with Crippen molar-refractivity contribution in [1.82, 2.24) is 10.3 Å². The maximum absolute atomic E-state index is 12.1. The van der Waals surface area contributed by atoms with Gasteiger partial charge in [-0.25, -0.2) is 4.98 Å². The van der Waals surface area contributed by atoms with Crippen molar-refractivity contribution in [3.63, 3.8) is 0 Å². The standard InChI is InChI=1S/C18H23Cl2N3O2/c1-11(2)7-13(9-21)23-17(24)5-6-18-22-10-16(25-18)14-4-3-12(19)8-15(14)20/h3-4,8,10-11,13H,5-7,9,21H2,1-2H3,(H,23,24). The van der Waals surface area contributed by atoms with E-state index in [0.717, 1.165) is 12.0 Å². The van der Waals surface area contributed by atoms with Crippen molar-refractivity contribution < 1.29 is 9.21 Å². The van der Waals surface area contributed by atoms with Crippen molar-refractivity contribution in [3.05, 3.63) is 40.3 Å². The molecule has 1 atom stereocenters. The Balaban J connectivity index is 1.92. The van der Waals surface area contributed by atoms with Gasteiger partial charge in [0, 0.05) is 36.0 Å². The Morgan fingerprint density at radius 3 is 2.76 bits per heavy atom. The molecule has 2 aromatic rings. The number of nitrogens with one attached hydrogen (secondary N) is 1. The van der Waals surface area contributed by atoms with E-state index >= 15 is 0 Å². The van der Waals surface area contributed by atoms with E-state index in [-0.39, 0.29) is 11.9 Å². The fourth-order valence-electron chi connectivity index (χ4n) is 2.54.